The van der Waals surface area contributed by atoms with Crippen molar-refractivity contribution in [2.45, 2.75) is 32.1 Å². The summed E-state index contributed by atoms with van der Waals surface area (Å²) in [6.07, 6.45) is 0.448. The smallest absolute Gasteiger partial charge is 0.338 e. The van der Waals surface area contributed by atoms with Gasteiger partial charge in [0.2, 0.25) is 10.0 Å². The number of carbonyl (C=O) groups is 2. The zero-order chi connectivity index (χ0) is 18.8. The fourth-order valence-corrected chi connectivity index (χ4v) is 4.89. The zero-order valence-electron chi connectivity index (χ0n) is 14.6. The summed E-state index contributed by atoms with van der Waals surface area (Å²) in [7, 11) is -3.90. The predicted molar refractivity (Wildman–Crippen MR) is 90.8 cm³/mol. The van der Waals surface area contributed by atoms with Crippen molar-refractivity contribution >= 4 is 22.0 Å². The molecule has 0 bridgehead atoms. The van der Waals surface area contributed by atoms with Crippen LogP contribution in [0.5, 0.6) is 0 Å². The van der Waals surface area contributed by atoms with Crippen LogP contribution in [0.25, 0.3) is 0 Å². The molecule has 0 saturated carbocycles. The van der Waals surface area contributed by atoms with Gasteiger partial charge in [0.15, 0.2) is 0 Å². The molecule has 2 rings (SSSR count). The quantitative estimate of drug-likeness (QED) is 0.796. The second-order valence-electron chi connectivity index (χ2n) is 6.40. The lowest BCUT2D eigenvalue weighted by atomic mass is 9.92. The standard InChI is InChI=1S/C17H23NO6S/c1-4-24-17(21)13-6-5-12(3)15(8-13)25(22,23)18-9-11(2)7-14(10-18)16(19)20/h5-6,8,11,14H,4,7,9-10H2,1-3H3,(H,19,20). The highest BCUT2D eigenvalue weighted by molar-refractivity contribution is 7.89. The first-order valence-electron chi connectivity index (χ1n) is 8.17. The van der Waals surface area contributed by atoms with E-state index in [9.17, 15) is 23.1 Å². The van der Waals surface area contributed by atoms with Gasteiger partial charge in [0.05, 0.1) is 23.0 Å². The molecule has 0 aromatic heterocycles. The molecule has 0 radical (unpaired) electrons. The van der Waals surface area contributed by atoms with Crippen LogP contribution < -0.4 is 0 Å². The summed E-state index contributed by atoms with van der Waals surface area (Å²) >= 11 is 0. The largest absolute Gasteiger partial charge is 0.481 e. The van der Waals surface area contributed by atoms with Gasteiger partial charge in [-0.2, -0.15) is 4.31 Å². The number of aliphatic carboxylic acids is 1. The van der Waals surface area contributed by atoms with Crippen LogP contribution in [0.4, 0.5) is 0 Å². The molecule has 1 N–H and O–H groups in total. The van der Waals surface area contributed by atoms with Crippen LogP contribution in [-0.2, 0) is 19.6 Å². The Labute approximate surface area is 147 Å². The van der Waals surface area contributed by atoms with Crippen molar-refractivity contribution in [3.05, 3.63) is 29.3 Å². The van der Waals surface area contributed by atoms with E-state index in [4.69, 9.17) is 4.74 Å². The molecular weight excluding hydrogens is 346 g/mol. The van der Waals surface area contributed by atoms with Gasteiger partial charge in [0.1, 0.15) is 0 Å². The number of carboxylic acids is 1. The number of esters is 1. The summed E-state index contributed by atoms with van der Waals surface area (Å²) < 4.78 is 32.2. The lowest BCUT2D eigenvalue weighted by Gasteiger charge is -2.34. The molecule has 1 aliphatic rings. The number of hydrogen-bond acceptors (Lipinski definition) is 5. The molecule has 1 aromatic carbocycles. The molecule has 7 nitrogen and oxygen atoms in total. The van der Waals surface area contributed by atoms with Gasteiger partial charge in [-0.15, -0.1) is 0 Å². The van der Waals surface area contributed by atoms with E-state index in [1.807, 2.05) is 6.92 Å². The van der Waals surface area contributed by atoms with Crippen LogP contribution in [0, 0.1) is 18.8 Å². The van der Waals surface area contributed by atoms with Crippen molar-refractivity contribution in [3.63, 3.8) is 0 Å². The van der Waals surface area contributed by atoms with Gasteiger partial charge in [-0.3, -0.25) is 4.79 Å². The first-order chi connectivity index (χ1) is 11.7. The van der Waals surface area contributed by atoms with Crippen molar-refractivity contribution in [2.75, 3.05) is 19.7 Å². The van der Waals surface area contributed by atoms with E-state index in [1.54, 1.807) is 19.9 Å². The van der Waals surface area contributed by atoms with Gasteiger partial charge in [-0.05, 0) is 43.9 Å². The number of hydrogen-bond donors (Lipinski definition) is 1. The molecule has 2 unspecified atom stereocenters. The van der Waals surface area contributed by atoms with E-state index < -0.39 is 27.9 Å². The lowest BCUT2D eigenvalue weighted by Crippen LogP contribution is -2.45. The van der Waals surface area contributed by atoms with Crippen LogP contribution in [0.15, 0.2) is 23.1 Å². The summed E-state index contributed by atoms with van der Waals surface area (Å²) in [5.41, 5.74) is 0.656. The Morgan fingerprint density at radius 3 is 2.60 bits per heavy atom. The second-order valence-corrected chi connectivity index (χ2v) is 8.31. The summed E-state index contributed by atoms with van der Waals surface area (Å²) in [5, 5.41) is 9.26. The summed E-state index contributed by atoms with van der Waals surface area (Å²) in [4.78, 5) is 23.2. The summed E-state index contributed by atoms with van der Waals surface area (Å²) in [5.74, 6) is -2.37. The highest BCUT2D eigenvalue weighted by atomic mass is 32.2. The maximum atomic E-state index is 13.0. The third-order valence-corrected chi connectivity index (χ3v) is 6.27. The lowest BCUT2D eigenvalue weighted by molar-refractivity contribution is -0.143. The molecular formula is C17H23NO6S. The second kappa shape index (κ2) is 7.53. The van der Waals surface area contributed by atoms with Gasteiger partial charge < -0.3 is 9.84 Å². The van der Waals surface area contributed by atoms with E-state index in [-0.39, 0.29) is 36.1 Å². The van der Waals surface area contributed by atoms with E-state index in [2.05, 4.69) is 0 Å². The van der Waals surface area contributed by atoms with Crippen molar-refractivity contribution in [2.24, 2.45) is 11.8 Å². The molecule has 138 valence electrons. The molecule has 25 heavy (non-hydrogen) atoms. The number of carboxylic acid groups (broad SMARTS) is 1. The number of ether oxygens (including phenoxy) is 1. The monoisotopic (exact) mass is 369 g/mol. The normalized spacial score (nSPS) is 21.7. The van der Waals surface area contributed by atoms with Crippen molar-refractivity contribution in [3.8, 4) is 0 Å². The maximum Gasteiger partial charge on any atom is 0.338 e. The van der Waals surface area contributed by atoms with E-state index in [0.29, 0.717) is 12.0 Å². The van der Waals surface area contributed by atoms with Crippen LogP contribution in [0.3, 0.4) is 0 Å². The van der Waals surface area contributed by atoms with E-state index >= 15 is 0 Å². The Balaban J connectivity index is 2.40. The van der Waals surface area contributed by atoms with Crippen LogP contribution in [-0.4, -0.2) is 49.5 Å². The molecule has 0 aliphatic carbocycles. The molecule has 1 aliphatic heterocycles. The minimum atomic E-state index is -3.90. The molecule has 1 saturated heterocycles. The topological polar surface area (TPSA) is 101 Å². The maximum absolute atomic E-state index is 13.0. The Kier molecular flexibility index (Phi) is 5.84. The summed E-state index contributed by atoms with van der Waals surface area (Å²) in [6.45, 7) is 5.54. The minimum absolute atomic E-state index is 0.0105. The SMILES string of the molecule is CCOC(=O)c1ccc(C)c(S(=O)(=O)N2CC(C)CC(C(=O)O)C2)c1. The van der Waals surface area contributed by atoms with Gasteiger partial charge in [0.25, 0.3) is 0 Å². The van der Waals surface area contributed by atoms with Gasteiger partial charge in [-0.25, -0.2) is 13.2 Å². The van der Waals surface area contributed by atoms with Gasteiger partial charge >= 0.3 is 11.9 Å². The number of benzene rings is 1. The van der Waals surface area contributed by atoms with Crippen molar-refractivity contribution in [1.29, 1.82) is 0 Å². The first-order valence-corrected chi connectivity index (χ1v) is 9.61. The van der Waals surface area contributed by atoms with Gasteiger partial charge in [0, 0.05) is 13.1 Å². The Morgan fingerprint density at radius 1 is 1.32 bits per heavy atom. The number of aryl methyl sites for hydroxylation is 1. The molecule has 0 spiro atoms. The average molecular weight is 369 g/mol. The number of carbonyl (C=O) groups excluding carboxylic acids is 1. The zero-order valence-corrected chi connectivity index (χ0v) is 15.4. The Hall–Kier alpha value is -1.93. The Morgan fingerprint density at radius 2 is 2.00 bits per heavy atom. The average Bonchev–Trinajstić information content (AvgIpc) is 2.54. The number of nitrogens with zero attached hydrogens (tertiary/aromatic N) is 1. The number of sulfonamides is 1. The fourth-order valence-electron chi connectivity index (χ4n) is 3.04. The van der Waals surface area contributed by atoms with Crippen LogP contribution in [0.1, 0.15) is 36.2 Å². The fraction of sp³-hybridized carbons (Fsp3) is 0.529. The van der Waals surface area contributed by atoms with Crippen molar-refractivity contribution in [1.82, 2.24) is 4.31 Å². The number of piperidine rings is 1. The molecule has 1 aromatic rings. The Bertz CT molecular complexity index is 773. The van der Waals surface area contributed by atoms with E-state index in [1.165, 1.54) is 16.4 Å². The first kappa shape index (κ1) is 19.4. The highest BCUT2D eigenvalue weighted by Gasteiger charge is 2.37. The molecule has 1 heterocycles. The number of rotatable bonds is 5. The molecule has 0 amide bonds. The molecule has 2 atom stereocenters. The third kappa shape index (κ3) is 4.19. The minimum Gasteiger partial charge on any atom is -0.481 e. The molecule has 1 fully saturated rings. The predicted octanol–water partition coefficient (Wildman–Crippen LogP) is 1.90. The van der Waals surface area contributed by atoms with Gasteiger partial charge in [-0.1, -0.05) is 13.0 Å². The van der Waals surface area contributed by atoms with E-state index in [0.717, 1.165) is 0 Å². The summed E-state index contributed by atoms with van der Waals surface area (Å²) in [6, 6.07) is 4.38. The van der Waals surface area contributed by atoms with Crippen LogP contribution >= 0.6 is 0 Å². The third-order valence-electron chi connectivity index (χ3n) is 4.29. The molecule has 8 heteroatoms. The highest BCUT2D eigenvalue weighted by Crippen LogP contribution is 2.29. The van der Waals surface area contributed by atoms with Crippen LogP contribution in [0.2, 0.25) is 0 Å². The van der Waals surface area contributed by atoms with Crippen molar-refractivity contribution < 1.29 is 27.9 Å².